The van der Waals surface area contributed by atoms with Crippen molar-refractivity contribution in [1.82, 2.24) is 4.57 Å². The number of rotatable bonds is 7. The molecule has 0 aliphatic heterocycles. The molecule has 4 nitrogen and oxygen atoms in total. The Bertz CT molecular complexity index is 1160. The van der Waals surface area contributed by atoms with E-state index in [1.165, 1.54) is 24.8 Å². The third-order valence-electron chi connectivity index (χ3n) is 6.40. The van der Waals surface area contributed by atoms with Crippen LogP contribution in [0.2, 0.25) is 0 Å². The molecule has 0 amide bonds. The average molecular weight is 561 g/mol. The molecule has 1 aliphatic rings. The summed E-state index contributed by atoms with van der Waals surface area (Å²) in [4.78, 5) is 25.7. The molecular formula is C26H27Br2NO3. The Kier molecular flexibility index (Phi) is 7.21. The van der Waals surface area contributed by atoms with Gasteiger partial charge in [-0.2, -0.15) is 0 Å². The van der Waals surface area contributed by atoms with Crippen molar-refractivity contribution >= 4 is 54.6 Å². The van der Waals surface area contributed by atoms with Gasteiger partial charge in [0.05, 0.1) is 11.4 Å². The smallest absolute Gasteiger partial charge is 0.311 e. The van der Waals surface area contributed by atoms with E-state index in [1.807, 2.05) is 36.4 Å². The lowest BCUT2D eigenvalue weighted by Gasteiger charge is -2.21. The Labute approximate surface area is 205 Å². The van der Waals surface area contributed by atoms with Gasteiger partial charge in [0.1, 0.15) is 0 Å². The summed E-state index contributed by atoms with van der Waals surface area (Å²) >= 11 is 7.15. The molecule has 1 aliphatic carbocycles. The molecule has 1 aromatic heterocycles. The highest BCUT2D eigenvalue weighted by Gasteiger charge is 2.34. The van der Waals surface area contributed by atoms with Crippen LogP contribution in [0.15, 0.2) is 45.3 Å². The molecule has 2 aromatic carbocycles. The zero-order valence-electron chi connectivity index (χ0n) is 18.2. The van der Waals surface area contributed by atoms with Crippen molar-refractivity contribution in [2.75, 3.05) is 0 Å². The summed E-state index contributed by atoms with van der Waals surface area (Å²) < 4.78 is 3.39. The molecular weight excluding hydrogens is 534 g/mol. The largest absolute Gasteiger partial charge is 0.481 e. The maximum atomic E-state index is 13.7. The van der Waals surface area contributed by atoms with Gasteiger partial charge >= 0.3 is 5.97 Å². The van der Waals surface area contributed by atoms with Crippen LogP contribution in [0.5, 0.6) is 0 Å². The summed E-state index contributed by atoms with van der Waals surface area (Å²) in [5, 5.41) is 10.7. The second kappa shape index (κ2) is 9.92. The van der Waals surface area contributed by atoms with Gasteiger partial charge in [-0.3, -0.25) is 14.2 Å². The normalized spacial score (nSPS) is 15.7. The highest BCUT2D eigenvalue weighted by molar-refractivity contribution is 9.11. The van der Waals surface area contributed by atoms with Crippen molar-refractivity contribution in [3.05, 3.63) is 67.7 Å². The molecule has 1 N–H and O–H groups in total. The second-order valence-corrected chi connectivity index (χ2v) is 10.3. The fraction of sp³-hybridized carbons (Fsp3) is 0.385. The molecule has 0 saturated heterocycles. The molecule has 1 unspecified atom stereocenters. The zero-order valence-corrected chi connectivity index (χ0v) is 21.3. The number of carboxylic acids is 1. The van der Waals surface area contributed by atoms with E-state index in [4.69, 9.17) is 0 Å². The fourth-order valence-electron chi connectivity index (χ4n) is 4.83. The number of fused-ring (bicyclic) bond motifs is 3. The first kappa shape index (κ1) is 23.2. The van der Waals surface area contributed by atoms with Crippen LogP contribution in [0.3, 0.4) is 0 Å². The molecule has 0 bridgehead atoms. The van der Waals surface area contributed by atoms with Gasteiger partial charge < -0.3 is 5.11 Å². The number of nitrogens with zero attached hydrogens (tertiary/aromatic N) is 1. The first-order valence-electron chi connectivity index (χ1n) is 11.3. The van der Waals surface area contributed by atoms with Gasteiger partial charge in [-0.1, -0.05) is 70.2 Å². The Morgan fingerprint density at radius 1 is 1.09 bits per heavy atom. The minimum absolute atomic E-state index is 0.107. The lowest BCUT2D eigenvalue weighted by Crippen LogP contribution is -2.21. The number of aryl methyl sites for hydroxylation is 1. The minimum Gasteiger partial charge on any atom is -0.481 e. The summed E-state index contributed by atoms with van der Waals surface area (Å²) in [5.41, 5.74) is 4.21. The predicted molar refractivity (Wildman–Crippen MR) is 135 cm³/mol. The molecule has 0 saturated carbocycles. The fourth-order valence-corrected chi connectivity index (χ4v) is 6.25. The van der Waals surface area contributed by atoms with E-state index >= 15 is 0 Å². The number of benzene rings is 2. The minimum atomic E-state index is -0.834. The van der Waals surface area contributed by atoms with Gasteiger partial charge in [0.15, 0.2) is 0 Å². The summed E-state index contributed by atoms with van der Waals surface area (Å²) in [6.45, 7) is 2.21. The highest BCUT2D eigenvalue weighted by Crippen LogP contribution is 2.43. The number of aromatic nitrogens is 1. The van der Waals surface area contributed by atoms with Crippen LogP contribution in [-0.2, 0) is 17.6 Å². The van der Waals surface area contributed by atoms with Crippen LogP contribution >= 0.6 is 31.9 Å². The van der Waals surface area contributed by atoms with Crippen LogP contribution in [0, 0.1) is 0 Å². The zero-order chi connectivity index (χ0) is 22.8. The molecule has 3 aromatic rings. The quantitative estimate of drug-likeness (QED) is 0.305. The van der Waals surface area contributed by atoms with Crippen LogP contribution in [0.25, 0.3) is 10.9 Å². The number of hydrogen-bond acceptors (Lipinski definition) is 2. The number of carboxylic acid groups (broad SMARTS) is 1. The molecule has 1 heterocycles. The van der Waals surface area contributed by atoms with E-state index in [1.54, 1.807) is 4.57 Å². The van der Waals surface area contributed by atoms with Crippen molar-refractivity contribution in [3.63, 3.8) is 0 Å². The topological polar surface area (TPSA) is 59.3 Å². The lowest BCUT2D eigenvalue weighted by atomic mass is 9.85. The van der Waals surface area contributed by atoms with Crippen LogP contribution in [-0.4, -0.2) is 21.6 Å². The van der Waals surface area contributed by atoms with Crippen LogP contribution in [0.1, 0.15) is 78.5 Å². The molecule has 168 valence electrons. The first-order chi connectivity index (χ1) is 15.4. The highest BCUT2D eigenvalue weighted by atomic mass is 79.9. The second-order valence-electron chi connectivity index (χ2n) is 8.57. The van der Waals surface area contributed by atoms with Crippen LogP contribution < -0.4 is 0 Å². The van der Waals surface area contributed by atoms with E-state index in [0.29, 0.717) is 18.4 Å². The maximum absolute atomic E-state index is 13.7. The number of hydrogen-bond donors (Lipinski definition) is 1. The number of aliphatic carboxylic acids is 1. The third kappa shape index (κ3) is 4.44. The van der Waals surface area contributed by atoms with Crippen molar-refractivity contribution in [2.24, 2.45) is 0 Å². The van der Waals surface area contributed by atoms with Crippen LogP contribution in [0.4, 0.5) is 0 Å². The standard InChI is InChI=1S/C26H27Br2NO3/c1-2-3-4-5-7-16-10-12-17(13-11-16)25(30)29-21-9-6-8-19(26(31)32)23(21)24-20(28)14-18(27)15-22(24)29/h10-15,19H,2-9H2,1H3,(H,31,32). The number of carbonyl (C=O) groups excluding carboxylic acids is 1. The predicted octanol–water partition coefficient (Wildman–Crippen LogP) is 7.48. The number of halogens is 2. The van der Waals surface area contributed by atoms with E-state index in [2.05, 4.69) is 38.8 Å². The van der Waals surface area contributed by atoms with Crippen molar-refractivity contribution < 1.29 is 14.7 Å². The molecule has 0 fully saturated rings. The monoisotopic (exact) mass is 559 g/mol. The molecule has 0 spiro atoms. The molecule has 32 heavy (non-hydrogen) atoms. The van der Waals surface area contributed by atoms with E-state index < -0.39 is 11.9 Å². The SMILES string of the molecule is CCCCCCc1ccc(C(=O)n2c3c(c4c(Br)cc(Br)cc42)C(C(=O)O)CCC3)cc1. The summed E-state index contributed by atoms with van der Waals surface area (Å²) in [5.74, 6) is -1.54. The molecule has 4 rings (SSSR count). The van der Waals surface area contributed by atoms with Gasteiger partial charge in [0.25, 0.3) is 5.91 Å². The summed E-state index contributed by atoms with van der Waals surface area (Å²) in [6, 6.07) is 11.7. The van der Waals surface area contributed by atoms with Gasteiger partial charge in [-0.15, -0.1) is 0 Å². The van der Waals surface area contributed by atoms with Crippen molar-refractivity contribution in [1.29, 1.82) is 0 Å². The number of unbranched alkanes of at least 4 members (excludes halogenated alkanes) is 3. The summed E-state index contributed by atoms with van der Waals surface area (Å²) in [7, 11) is 0. The average Bonchev–Trinajstić information content (AvgIpc) is 3.10. The third-order valence-corrected chi connectivity index (χ3v) is 7.48. The van der Waals surface area contributed by atoms with Gasteiger partial charge in [-0.25, -0.2) is 0 Å². The Hall–Kier alpha value is -1.92. The van der Waals surface area contributed by atoms with Gasteiger partial charge in [-0.05, 0) is 67.5 Å². The molecule has 0 radical (unpaired) electrons. The lowest BCUT2D eigenvalue weighted by molar-refractivity contribution is -0.139. The van der Waals surface area contributed by atoms with Gasteiger partial charge in [0, 0.05) is 25.6 Å². The Balaban J connectivity index is 1.76. The maximum Gasteiger partial charge on any atom is 0.311 e. The van der Waals surface area contributed by atoms with E-state index in [-0.39, 0.29) is 5.91 Å². The van der Waals surface area contributed by atoms with Crippen molar-refractivity contribution in [3.8, 4) is 0 Å². The Morgan fingerprint density at radius 2 is 1.84 bits per heavy atom. The van der Waals surface area contributed by atoms with E-state index in [9.17, 15) is 14.7 Å². The molecule has 1 atom stereocenters. The van der Waals surface area contributed by atoms with Crippen molar-refractivity contribution in [2.45, 2.75) is 64.2 Å². The number of carbonyl (C=O) groups is 2. The summed E-state index contributed by atoms with van der Waals surface area (Å²) in [6.07, 6.45) is 7.93. The van der Waals surface area contributed by atoms with Gasteiger partial charge in [0.2, 0.25) is 0 Å². The van der Waals surface area contributed by atoms with E-state index in [0.717, 1.165) is 50.4 Å². The molecule has 6 heteroatoms. The first-order valence-corrected chi connectivity index (χ1v) is 12.9. The Morgan fingerprint density at radius 3 is 2.53 bits per heavy atom.